The van der Waals surface area contributed by atoms with E-state index in [4.69, 9.17) is 14.0 Å². The number of fused-ring (bicyclic) bond motifs is 1. The van der Waals surface area contributed by atoms with Crippen molar-refractivity contribution >= 4 is 16.9 Å². The molecule has 0 aliphatic rings. The van der Waals surface area contributed by atoms with E-state index in [1.807, 2.05) is 48.5 Å². The van der Waals surface area contributed by atoms with E-state index in [0.29, 0.717) is 31.0 Å². The first kappa shape index (κ1) is 17.0. The molecule has 1 aromatic heterocycles. The van der Waals surface area contributed by atoms with Crippen molar-refractivity contribution in [2.45, 2.75) is 13.0 Å². The monoisotopic (exact) mass is 340 g/mol. The van der Waals surface area contributed by atoms with Gasteiger partial charge in [0, 0.05) is 19.0 Å². The number of rotatable bonds is 8. The number of ether oxygens (including phenoxy) is 2. The molecule has 0 aliphatic carbocycles. The molecule has 0 saturated carbocycles. The summed E-state index contributed by atoms with van der Waals surface area (Å²) in [5.74, 6) is 0.681. The molecule has 0 aliphatic heterocycles. The summed E-state index contributed by atoms with van der Waals surface area (Å²) in [4.78, 5) is 12.1. The van der Waals surface area contributed by atoms with Crippen molar-refractivity contribution in [3.8, 4) is 5.75 Å². The van der Waals surface area contributed by atoms with Gasteiger partial charge in [-0.25, -0.2) is 0 Å². The van der Waals surface area contributed by atoms with Gasteiger partial charge in [0.25, 0.3) is 0 Å². The van der Waals surface area contributed by atoms with Crippen molar-refractivity contribution in [2.75, 3.05) is 20.3 Å². The second kappa shape index (κ2) is 8.30. The van der Waals surface area contributed by atoms with E-state index in [1.54, 1.807) is 7.11 Å². The van der Waals surface area contributed by atoms with Gasteiger partial charge >= 0.3 is 0 Å². The van der Waals surface area contributed by atoms with Gasteiger partial charge in [-0.1, -0.05) is 29.4 Å². The highest BCUT2D eigenvalue weighted by Crippen LogP contribution is 2.18. The normalized spacial score (nSPS) is 10.8. The summed E-state index contributed by atoms with van der Waals surface area (Å²) in [5, 5.41) is 7.74. The minimum Gasteiger partial charge on any atom is -0.491 e. The Morgan fingerprint density at radius 3 is 2.72 bits per heavy atom. The maximum Gasteiger partial charge on any atom is 0.226 e. The first-order chi connectivity index (χ1) is 12.3. The average Bonchev–Trinajstić information content (AvgIpc) is 3.04. The Morgan fingerprint density at radius 1 is 1.12 bits per heavy atom. The zero-order valence-electron chi connectivity index (χ0n) is 14.0. The summed E-state index contributed by atoms with van der Waals surface area (Å²) in [6.07, 6.45) is 0.190. The van der Waals surface area contributed by atoms with Gasteiger partial charge in [-0.15, -0.1) is 0 Å². The lowest BCUT2D eigenvalue weighted by Gasteiger charge is -2.07. The van der Waals surface area contributed by atoms with Gasteiger partial charge in [0.05, 0.1) is 13.0 Å². The number of hydrogen-bond donors (Lipinski definition) is 1. The Morgan fingerprint density at radius 2 is 1.92 bits per heavy atom. The standard InChI is InChI=1S/C19H20N2O4/c1-23-10-11-24-15-8-6-14(7-9-15)13-20-19(22)12-17-16-4-2-3-5-18(16)25-21-17/h2-9H,10-13H2,1H3,(H,20,22). The number of hydrogen-bond acceptors (Lipinski definition) is 5. The first-order valence-corrected chi connectivity index (χ1v) is 8.07. The molecule has 3 aromatic rings. The minimum atomic E-state index is -0.0977. The van der Waals surface area contributed by atoms with E-state index in [0.717, 1.165) is 16.7 Å². The summed E-state index contributed by atoms with van der Waals surface area (Å²) >= 11 is 0. The SMILES string of the molecule is COCCOc1ccc(CNC(=O)Cc2noc3ccccc23)cc1. The van der Waals surface area contributed by atoms with Gasteiger partial charge in [0.15, 0.2) is 5.58 Å². The zero-order chi connectivity index (χ0) is 17.5. The van der Waals surface area contributed by atoms with E-state index in [2.05, 4.69) is 10.5 Å². The fourth-order valence-electron chi connectivity index (χ4n) is 2.43. The predicted octanol–water partition coefficient (Wildman–Crippen LogP) is 2.71. The van der Waals surface area contributed by atoms with Crippen molar-refractivity contribution in [3.05, 3.63) is 59.8 Å². The number of para-hydroxylation sites is 1. The number of amides is 1. The number of aromatic nitrogens is 1. The topological polar surface area (TPSA) is 73.6 Å². The van der Waals surface area contributed by atoms with Crippen LogP contribution in [0.4, 0.5) is 0 Å². The van der Waals surface area contributed by atoms with E-state index >= 15 is 0 Å². The second-order valence-electron chi connectivity index (χ2n) is 5.56. The first-order valence-electron chi connectivity index (χ1n) is 8.07. The van der Waals surface area contributed by atoms with Crippen LogP contribution in [-0.4, -0.2) is 31.4 Å². The van der Waals surface area contributed by atoms with Crippen molar-refractivity contribution in [2.24, 2.45) is 0 Å². The fourth-order valence-corrected chi connectivity index (χ4v) is 2.43. The van der Waals surface area contributed by atoms with Gasteiger partial charge < -0.3 is 19.3 Å². The van der Waals surface area contributed by atoms with Crippen LogP contribution in [0.2, 0.25) is 0 Å². The quantitative estimate of drug-likeness (QED) is 0.638. The second-order valence-corrected chi connectivity index (χ2v) is 5.56. The third-order valence-corrected chi connectivity index (χ3v) is 3.75. The summed E-state index contributed by atoms with van der Waals surface area (Å²) in [5.41, 5.74) is 2.34. The molecule has 1 heterocycles. The highest BCUT2D eigenvalue weighted by Gasteiger charge is 2.11. The Hall–Kier alpha value is -2.86. The van der Waals surface area contributed by atoms with Gasteiger partial charge in [-0.3, -0.25) is 4.79 Å². The number of carbonyl (C=O) groups excluding carboxylic acids is 1. The summed E-state index contributed by atoms with van der Waals surface area (Å²) in [7, 11) is 1.64. The molecule has 3 rings (SSSR count). The molecule has 6 heteroatoms. The van der Waals surface area contributed by atoms with Crippen LogP contribution in [0.3, 0.4) is 0 Å². The summed E-state index contributed by atoms with van der Waals surface area (Å²) in [6, 6.07) is 15.1. The van der Waals surface area contributed by atoms with Crippen molar-refractivity contribution < 1.29 is 18.8 Å². The van der Waals surface area contributed by atoms with Crippen LogP contribution >= 0.6 is 0 Å². The highest BCUT2D eigenvalue weighted by atomic mass is 16.5. The van der Waals surface area contributed by atoms with Gasteiger partial charge in [0.2, 0.25) is 5.91 Å². The van der Waals surface area contributed by atoms with Gasteiger partial charge in [-0.2, -0.15) is 0 Å². The Labute approximate surface area is 145 Å². The van der Waals surface area contributed by atoms with Crippen LogP contribution in [-0.2, 0) is 22.5 Å². The molecule has 6 nitrogen and oxygen atoms in total. The van der Waals surface area contributed by atoms with Crippen LogP contribution < -0.4 is 10.1 Å². The number of methoxy groups -OCH3 is 1. The predicted molar refractivity (Wildman–Crippen MR) is 93.4 cm³/mol. The number of benzene rings is 2. The molecule has 2 aromatic carbocycles. The minimum absolute atomic E-state index is 0.0977. The van der Waals surface area contributed by atoms with Crippen LogP contribution in [0, 0.1) is 0 Å². The molecule has 0 fully saturated rings. The zero-order valence-corrected chi connectivity index (χ0v) is 14.0. The molecule has 0 radical (unpaired) electrons. The van der Waals surface area contributed by atoms with Gasteiger partial charge in [0.1, 0.15) is 18.1 Å². The third kappa shape index (κ3) is 4.58. The number of nitrogens with zero attached hydrogens (tertiary/aromatic N) is 1. The summed E-state index contributed by atoms with van der Waals surface area (Å²) < 4.78 is 15.7. The summed E-state index contributed by atoms with van der Waals surface area (Å²) in [6.45, 7) is 1.51. The molecule has 0 atom stereocenters. The molecule has 25 heavy (non-hydrogen) atoms. The van der Waals surface area contributed by atoms with E-state index in [9.17, 15) is 4.79 Å². The van der Waals surface area contributed by atoms with Crippen LogP contribution in [0.25, 0.3) is 11.0 Å². The molecule has 130 valence electrons. The Balaban J connectivity index is 1.50. The molecule has 0 unspecified atom stereocenters. The van der Waals surface area contributed by atoms with E-state index < -0.39 is 0 Å². The average molecular weight is 340 g/mol. The van der Waals surface area contributed by atoms with E-state index in [1.165, 1.54) is 0 Å². The van der Waals surface area contributed by atoms with E-state index in [-0.39, 0.29) is 12.3 Å². The van der Waals surface area contributed by atoms with Crippen LogP contribution in [0.15, 0.2) is 53.1 Å². The van der Waals surface area contributed by atoms with Gasteiger partial charge in [-0.05, 0) is 29.8 Å². The van der Waals surface area contributed by atoms with Crippen LogP contribution in [0.5, 0.6) is 5.75 Å². The lowest BCUT2D eigenvalue weighted by molar-refractivity contribution is -0.120. The Bertz CT molecular complexity index is 827. The molecule has 0 bridgehead atoms. The maximum atomic E-state index is 12.1. The lowest BCUT2D eigenvalue weighted by Crippen LogP contribution is -2.24. The molecular weight excluding hydrogens is 320 g/mol. The van der Waals surface area contributed by atoms with Crippen LogP contribution in [0.1, 0.15) is 11.3 Å². The lowest BCUT2D eigenvalue weighted by atomic mass is 10.1. The molecule has 0 spiro atoms. The maximum absolute atomic E-state index is 12.1. The van der Waals surface area contributed by atoms with Crippen molar-refractivity contribution in [1.82, 2.24) is 10.5 Å². The smallest absolute Gasteiger partial charge is 0.226 e. The third-order valence-electron chi connectivity index (χ3n) is 3.75. The number of carbonyl (C=O) groups is 1. The number of nitrogens with one attached hydrogen (secondary N) is 1. The highest BCUT2D eigenvalue weighted by molar-refractivity contribution is 5.86. The van der Waals surface area contributed by atoms with Crippen molar-refractivity contribution in [1.29, 1.82) is 0 Å². The molecule has 1 amide bonds. The molecular formula is C19H20N2O4. The Kier molecular flexibility index (Phi) is 5.64. The largest absolute Gasteiger partial charge is 0.491 e. The fraction of sp³-hybridized carbons (Fsp3) is 0.263. The van der Waals surface area contributed by atoms with Crippen molar-refractivity contribution in [3.63, 3.8) is 0 Å². The molecule has 0 saturated heterocycles. The molecule has 1 N–H and O–H groups in total.